The summed E-state index contributed by atoms with van der Waals surface area (Å²) in [6, 6.07) is 9.19. The van der Waals surface area contributed by atoms with E-state index in [9.17, 15) is 12.3 Å². The molecule has 0 saturated heterocycles. The van der Waals surface area contributed by atoms with Gasteiger partial charge in [0.25, 0.3) is 0 Å². The van der Waals surface area contributed by atoms with Crippen LogP contribution in [0.2, 0.25) is 0 Å². The van der Waals surface area contributed by atoms with Gasteiger partial charge in [0.05, 0.1) is 5.75 Å². The van der Waals surface area contributed by atoms with Gasteiger partial charge in [-0.05, 0) is 11.0 Å². The van der Waals surface area contributed by atoms with Crippen molar-refractivity contribution in [2.24, 2.45) is 5.41 Å². The highest BCUT2D eigenvalue weighted by molar-refractivity contribution is 7.86. The minimum Gasteiger partial charge on any atom is -0.195 e. The molecule has 0 fully saturated rings. The molecule has 1 aromatic carbocycles. The van der Waals surface area contributed by atoms with Gasteiger partial charge in [-0.25, -0.2) is 0 Å². The molecule has 4 heteroatoms. The molecule has 0 aliphatic heterocycles. The van der Waals surface area contributed by atoms with E-state index in [0.29, 0.717) is 0 Å². The van der Waals surface area contributed by atoms with Crippen molar-refractivity contribution < 1.29 is 12.3 Å². The molecule has 0 spiro atoms. The molecule has 1 atom stereocenters. The maximum atomic E-state index is 12.8. The average molecular weight is 244 g/mol. The second-order valence-electron chi connectivity index (χ2n) is 5.03. The zero-order chi connectivity index (χ0) is 12.4. The van der Waals surface area contributed by atoms with Crippen molar-refractivity contribution in [2.75, 3.05) is 5.75 Å². The minimum atomic E-state index is -4.45. The number of halogens is 1. The molecule has 1 aromatic rings. The maximum Gasteiger partial charge on any atom is 0.303 e. The zero-order valence-corrected chi connectivity index (χ0v) is 10.6. The van der Waals surface area contributed by atoms with Crippen LogP contribution in [0.4, 0.5) is 3.89 Å². The Kier molecular flexibility index (Phi) is 3.73. The van der Waals surface area contributed by atoms with E-state index >= 15 is 0 Å². The van der Waals surface area contributed by atoms with Gasteiger partial charge in [0.15, 0.2) is 0 Å². The zero-order valence-electron chi connectivity index (χ0n) is 9.77. The van der Waals surface area contributed by atoms with Crippen LogP contribution in [-0.4, -0.2) is 14.2 Å². The predicted molar refractivity (Wildman–Crippen MR) is 63.5 cm³/mol. The van der Waals surface area contributed by atoms with Gasteiger partial charge in [0.2, 0.25) is 0 Å². The van der Waals surface area contributed by atoms with Gasteiger partial charge in [-0.3, -0.25) is 0 Å². The Labute approximate surface area is 96.7 Å². The van der Waals surface area contributed by atoms with Crippen LogP contribution >= 0.6 is 0 Å². The Bertz CT molecular complexity index is 432. The van der Waals surface area contributed by atoms with Crippen LogP contribution in [0.1, 0.15) is 32.3 Å². The third-order valence-electron chi connectivity index (χ3n) is 2.61. The quantitative estimate of drug-likeness (QED) is 0.766. The van der Waals surface area contributed by atoms with Crippen LogP contribution in [0, 0.1) is 5.41 Å². The van der Waals surface area contributed by atoms with Crippen molar-refractivity contribution in [1.82, 2.24) is 0 Å². The van der Waals surface area contributed by atoms with Crippen LogP contribution in [0.25, 0.3) is 0 Å². The van der Waals surface area contributed by atoms with Crippen molar-refractivity contribution in [3.8, 4) is 0 Å². The number of benzene rings is 1. The first-order valence-corrected chi connectivity index (χ1v) is 6.73. The summed E-state index contributed by atoms with van der Waals surface area (Å²) in [5.74, 6) is -0.788. The first-order chi connectivity index (χ1) is 7.20. The first kappa shape index (κ1) is 13.2. The van der Waals surface area contributed by atoms with Gasteiger partial charge in [-0.1, -0.05) is 51.1 Å². The van der Waals surface area contributed by atoms with Crippen LogP contribution in [-0.2, 0) is 10.2 Å². The van der Waals surface area contributed by atoms with Crippen LogP contribution in [0.3, 0.4) is 0 Å². The van der Waals surface area contributed by atoms with Crippen LogP contribution in [0.5, 0.6) is 0 Å². The molecule has 16 heavy (non-hydrogen) atoms. The third kappa shape index (κ3) is 3.93. The fraction of sp³-hybridized carbons (Fsp3) is 0.500. The smallest absolute Gasteiger partial charge is 0.195 e. The van der Waals surface area contributed by atoms with Crippen molar-refractivity contribution in [3.63, 3.8) is 0 Å². The monoisotopic (exact) mass is 244 g/mol. The fourth-order valence-electron chi connectivity index (χ4n) is 1.73. The van der Waals surface area contributed by atoms with Crippen LogP contribution < -0.4 is 0 Å². The van der Waals surface area contributed by atoms with Gasteiger partial charge in [0.1, 0.15) is 0 Å². The molecule has 0 aromatic heterocycles. The van der Waals surface area contributed by atoms with Gasteiger partial charge in [0, 0.05) is 5.92 Å². The summed E-state index contributed by atoms with van der Waals surface area (Å²) in [4.78, 5) is 0. The van der Waals surface area contributed by atoms with E-state index in [2.05, 4.69) is 0 Å². The lowest BCUT2D eigenvalue weighted by Crippen LogP contribution is -2.24. The molecule has 0 aliphatic rings. The molecule has 0 amide bonds. The van der Waals surface area contributed by atoms with Crippen molar-refractivity contribution in [3.05, 3.63) is 35.9 Å². The molecule has 1 rings (SSSR count). The molecular weight excluding hydrogens is 227 g/mol. The summed E-state index contributed by atoms with van der Waals surface area (Å²) >= 11 is 0. The molecule has 0 bridgehead atoms. The summed E-state index contributed by atoms with van der Waals surface area (Å²) in [6.45, 7) is 5.74. The number of hydrogen-bond donors (Lipinski definition) is 0. The lowest BCUT2D eigenvalue weighted by Gasteiger charge is -2.29. The highest BCUT2D eigenvalue weighted by atomic mass is 32.3. The summed E-state index contributed by atoms with van der Waals surface area (Å²) in [5, 5.41) is 0. The van der Waals surface area contributed by atoms with Gasteiger partial charge < -0.3 is 0 Å². The maximum absolute atomic E-state index is 12.8. The number of hydrogen-bond acceptors (Lipinski definition) is 2. The Morgan fingerprint density at radius 1 is 1.19 bits per heavy atom. The highest BCUT2D eigenvalue weighted by Crippen LogP contribution is 2.36. The Hall–Kier alpha value is -0.900. The molecule has 0 heterocycles. The van der Waals surface area contributed by atoms with E-state index < -0.39 is 16.0 Å². The average Bonchev–Trinajstić information content (AvgIpc) is 2.13. The summed E-state index contributed by atoms with van der Waals surface area (Å²) in [5.41, 5.74) is 0.566. The first-order valence-electron chi connectivity index (χ1n) is 5.17. The Morgan fingerprint density at radius 3 is 2.06 bits per heavy atom. The van der Waals surface area contributed by atoms with Crippen molar-refractivity contribution >= 4 is 10.2 Å². The minimum absolute atomic E-state index is 0.291. The normalized spacial score (nSPS) is 14.8. The fourth-order valence-corrected chi connectivity index (χ4v) is 2.82. The molecule has 2 nitrogen and oxygen atoms in total. The largest absolute Gasteiger partial charge is 0.303 e. The molecule has 0 saturated carbocycles. The predicted octanol–water partition coefficient (Wildman–Crippen LogP) is 3.12. The molecule has 1 unspecified atom stereocenters. The van der Waals surface area contributed by atoms with Gasteiger partial charge >= 0.3 is 10.2 Å². The topological polar surface area (TPSA) is 34.1 Å². The van der Waals surface area contributed by atoms with Crippen molar-refractivity contribution in [2.45, 2.75) is 26.7 Å². The van der Waals surface area contributed by atoms with E-state index in [1.165, 1.54) is 0 Å². The van der Waals surface area contributed by atoms with E-state index in [4.69, 9.17) is 0 Å². The molecule has 0 N–H and O–H groups in total. The van der Waals surface area contributed by atoms with Gasteiger partial charge in [-0.2, -0.15) is 8.42 Å². The second kappa shape index (κ2) is 4.53. The third-order valence-corrected chi connectivity index (χ3v) is 3.34. The Morgan fingerprint density at radius 2 is 1.69 bits per heavy atom. The lowest BCUT2D eigenvalue weighted by molar-refractivity contribution is 0.337. The standard InChI is InChI=1S/C12H17FO2S/c1-12(2,3)11(9-16(13,14)15)10-7-5-4-6-8-10/h4-8,11H,9H2,1-3H3. The molecule has 0 aliphatic carbocycles. The van der Waals surface area contributed by atoms with E-state index in [1.807, 2.05) is 51.1 Å². The summed E-state index contributed by atoms with van der Waals surface area (Å²) in [6.07, 6.45) is 0. The Balaban J connectivity index is 3.08. The summed E-state index contributed by atoms with van der Waals surface area (Å²) < 4.78 is 34.4. The van der Waals surface area contributed by atoms with Crippen LogP contribution in [0.15, 0.2) is 30.3 Å². The molecular formula is C12H17FO2S. The molecule has 0 radical (unpaired) electrons. The molecule has 90 valence electrons. The summed E-state index contributed by atoms with van der Waals surface area (Å²) in [7, 11) is -4.45. The number of rotatable bonds is 3. The van der Waals surface area contributed by atoms with E-state index in [0.717, 1.165) is 5.56 Å². The van der Waals surface area contributed by atoms with Gasteiger partial charge in [-0.15, -0.1) is 3.89 Å². The van der Waals surface area contributed by atoms with E-state index in [1.54, 1.807) is 0 Å². The SMILES string of the molecule is CC(C)(C)C(CS(=O)(=O)F)c1ccccc1. The van der Waals surface area contributed by atoms with E-state index in [-0.39, 0.29) is 11.3 Å². The second-order valence-corrected chi connectivity index (χ2v) is 6.45. The highest BCUT2D eigenvalue weighted by Gasteiger charge is 2.30. The lowest BCUT2D eigenvalue weighted by atomic mass is 9.78. The van der Waals surface area contributed by atoms with Crippen molar-refractivity contribution in [1.29, 1.82) is 0 Å².